The van der Waals surface area contributed by atoms with Gasteiger partial charge in [0.25, 0.3) is 0 Å². The fourth-order valence-electron chi connectivity index (χ4n) is 2.31. The Hall–Kier alpha value is -1.10. The molecule has 1 aromatic rings. The van der Waals surface area contributed by atoms with E-state index >= 15 is 0 Å². The number of ether oxygens (including phenoxy) is 1. The third-order valence-corrected chi connectivity index (χ3v) is 3.78. The molecule has 0 heterocycles. The Bertz CT molecular complexity index is 362. The van der Waals surface area contributed by atoms with Gasteiger partial charge < -0.3 is 20.3 Å². The van der Waals surface area contributed by atoms with Crippen LogP contribution in [0.5, 0.6) is 5.75 Å². The number of hydrogen-bond acceptors (Lipinski definition) is 4. The maximum atomic E-state index is 10.1. The van der Waals surface area contributed by atoms with E-state index in [0.29, 0.717) is 19.0 Å². The van der Waals surface area contributed by atoms with Crippen molar-refractivity contribution in [3.05, 3.63) is 29.8 Å². The molecule has 0 radical (unpaired) electrons. The second-order valence-electron chi connectivity index (χ2n) is 5.09. The Morgan fingerprint density at radius 1 is 1.05 bits per heavy atom. The first-order valence-electron chi connectivity index (χ1n) is 7.33. The van der Waals surface area contributed by atoms with Crippen LogP contribution in [0.1, 0.15) is 38.4 Å². The van der Waals surface area contributed by atoms with Crippen molar-refractivity contribution in [2.45, 2.75) is 38.9 Å². The number of hydrogen-bond donors (Lipinski definition) is 3. The van der Waals surface area contributed by atoms with Crippen LogP contribution in [-0.2, 0) is 0 Å². The topological polar surface area (TPSA) is 61.7 Å². The number of rotatable bonds is 9. The second kappa shape index (κ2) is 8.95. The van der Waals surface area contributed by atoms with E-state index < -0.39 is 6.10 Å². The molecule has 4 nitrogen and oxygen atoms in total. The molecule has 0 amide bonds. The molecule has 3 N–H and O–H groups in total. The summed E-state index contributed by atoms with van der Waals surface area (Å²) in [6.07, 6.45) is 1.02. The first-order valence-corrected chi connectivity index (χ1v) is 7.33. The lowest BCUT2D eigenvalue weighted by atomic mass is 9.96. The molecule has 1 rings (SSSR count). The lowest BCUT2D eigenvalue weighted by Gasteiger charge is -2.21. The molecule has 114 valence electrons. The van der Waals surface area contributed by atoms with Gasteiger partial charge in [-0.3, -0.25) is 0 Å². The maximum absolute atomic E-state index is 10.1. The summed E-state index contributed by atoms with van der Waals surface area (Å²) < 4.78 is 5.08. The van der Waals surface area contributed by atoms with Crippen molar-refractivity contribution in [3.8, 4) is 5.75 Å². The van der Waals surface area contributed by atoms with Gasteiger partial charge in [0, 0.05) is 13.1 Å². The monoisotopic (exact) mass is 281 g/mol. The van der Waals surface area contributed by atoms with E-state index in [1.807, 2.05) is 24.3 Å². The van der Waals surface area contributed by atoms with E-state index in [2.05, 4.69) is 19.2 Å². The van der Waals surface area contributed by atoms with Crippen molar-refractivity contribution in [2.24, 2.45) is 5.92 Å². The molecular weight excluding hydrogens is 254 g/mol. The minimum Gasteiger partial charge on any atom is -0.497 e. The van der Waals surface area contributed by atoms with Crippen molar-refractivity contribution in [1.29, 1.82) is 0 Å². The zero-order valence-corrected chi connectivity index (χ0v) is 12.7. The number of benzene rings is 1. The maximum Gasteiger partial charge on any atom is 0.118 e. The van der Waals surface area contributed by atoms with Gasteiger partial charge >= 0.3 is 0 Å². The molecule has 0 aromatic heterocycles. The molecule has 0 aliphatic heterocycles. The van der Waals surface area contributed by atoms with Gasteiger partial charge in [-0.2, -0.15) is 0 Å². The zero-order valence-electron chi connectivity index (χ0n) is 12.7. The van der Waals surface area contributed by atoms with Gasteiger partial charge in [0.1, 0.15) is 5.75 Å². The van der Waals surface area contributed by atoms with E-state index in [-0.39, 0.29) is 6.10 Å². The minimum atomic E-state index is -0.574. The van der Waals surface area contributed by atoms with Gasteiger partial charge in [-0.05, 0) is 23.6 Å². The van der Waals surface area contributed by atoms with Crippen molar-refractivity contribution >= 4 is 0 Å². The van der Waals surface area contributed by atoms with Crippen molar-refractivity contribution < 1.29 is 14.9 Å². The third kappa shape index (κ3) is 5.12. The smallest absolute Gasteiger partial charge is 0.118 e. The molecule has 4 heteroatoms. The molecule has 0 saturated heterocycles. The predicted molar refractivity (Wildman–Crippen MR) is 80.9 cm³/mol. The van der Waals surface area contributed by atoms with Crippen molar-refractivity contribution in [2.75, 3.05) is 20.2 Å². The lowest BCUT2D eigenvalue weighted by molar-refractivity contribution is 0.0945. The van der Waals surface area contributed by atoms with Gasteiger partial charge in [0.2, 0.25) is 0 Å². The van der Waals surface area contributed by atoms with Crippen LogP contribution < -0.4 is 10.1 Å². The van der Waals surface area contributed by atoms with Gasteiger partial charge in [-0.25, -0.2) is 0 Å². The first kappa shape index (κ1) is 17.0. The molecule has 2 unspecified atom stereocenters. The Kier molecular flexibility index (Phi) is 7.59. The molecule has 0 spiro atoms. The summed E-state index contributed by atoms with van der Waals surface area (Å²) in [6.45, 7) is 5.12. The summed E-state index contributed by atoms with van der Waals surface area (Å²) in [5.74, 6) is 1.10. The molecular formula is C16H27NO3. The Morgan fingerprint density at radius 2 is 1.65 bits per heavy atom. The number of nitrogens with one attached hydrogen (secondary N) is 1. The van der Waals surface area contributed by atoms with Crippen molar-refractivity contribution in [1.82, 2.24) is 5.32 Å². The van der Waals surface area contributed by atoms with Gasteiger partial charge in [0.15, 0.2) is 0 Å². The van der Waals surface area contributed by atoms with E-state index in [1.54, 1.807) is 7.11 Å². The highest BCUT2D eigenvalue weighted by molar-refractivity contribution is 5.28. The standard InChI is InChI=1S/C16H27NO3/c1-4-12(5-2)15(18)10-17-11-16(19)13-6-8-14(20-3)9-7-13/h6-9,12,15-19H,4-5,10-11H2,1-3H3. The van der Waals surface area contributed by atoms with Crippen LogP contribution in [0.15, 0.2) is 24.3 Å². The number of methoxy groups -OCH3 is 1. The van der Waals surface area contributed by atoms with E-state index in [1.165, 1.54) is 0 Å². The molecule has 2 atom stereocenters. The Morgan fingerprint density at radius 3 is 2.15 bits per heavy atom. The average Bonchev–Trinajstić information content (AvgIpc) is 2.48. The third-order valence-electron chi connectivity index (χ3n) is 3.78. The summed E-state index contributed by atoms with van der Waals surface area (Å²) in [7, 11) is 1.62. The minimum absolute atomic E-state index is 0.320. The average molecular weight is 281 g/mol. The fourth-order valence-corrected chi connectivity index (χ4v) is 2.31. The Balaban J connectivity index is 2.37. The zero-order chi connectivity index (χ0) is 15.0. The second-order valence-corrected chi connectivity index (χ2v) is 5.09. The van der Waals surface area contributed by atoms with Gasteiger partial charge in [-0.15, -0.1) is 0 Å². The predicted octanol–water partition coefficient (Wildman–Crippen LogP) is 2.12. The number of aliphatic hydroxyl groups excluding tert-OH is 2. The van der Waals surface area contributed by atoms with Crippen LogP contribution in [0.3, 0.4) is 0 Å². The van der Waals surface area contributed by atoms with E-state index in [9.17, 15) is 10.2 Å². The van der Waals surface area contributed by atoms with Crippen LogP contribution in [0.2, 0.25) is 0 Å². The fraction of sp³-hybridized carbons (Fsp3) is 0.625. The summed E-state index contributed by atoms with van der Waals surface area (Å²) in [5.41, 5.74) is 0.843. The molecule has 0 aliphatic rings. The lowest BCUT2D eigenvalue weighted by Crippen LogP contribution is -2.34. The molecule has 0 bridgehead atoms. The largest absolute Gasteiger partial charge is 0.497 e. The molecule has 0 saturated carbocycles. The summed E-state index contributed by atoms with van der Waals surface area (Å²) >= 11 is 0. The van der Waals surface area contributed by atoms with Crippen LogP contribution in [0, 0.1) is 5.92 Å². The highest BCUT2D eigenvalue weighted by atomic mass is 16.5. The summed E-state index contributed by atoms with van der Waals surface area (Å²) in [6, 6.07) is 7.36. The van der Waals surface area contributed by atoms with E-state index in [0.717, 1.165) is 24.2 Å². The van der Waals surface area contributed by atoms with Crippen LogP contribution in [0.4, 0.5) is 0 Å². The van der Waals surface area contributed by atoms with Crippen LogP contribution in [-0.4, -0.2) is 36.5 Å². The van der Waals surface area contributed by atoms with Crippen LogP contribution >= 0.6 is 0 Å². The molecule has 0 aliphatic carbocycles. The molecule has 20 heavy (non-hydrogen) atoms. The first-order chi connectivity index (χ1) is 9.62. The number of aliphatic hydroxyl groups is 2. The van der Waals surface area contributed by atoms with Gasteiger partial charge in [-0.1, -0.05) is 38.8 Å². The van der Waals surface area contributed by atoms with Crippen molar-refractivity contribution in [3.63, 3.8) is 0 Å². The van der Waals surface area contributed by atoms with Gasteiger partial charge in [0.05, 0.1) is 19.3 Å². The van der Waals surface area contributed by atoms with Crippen LogP contribution in [0.25, 0.3) is 0 Å². The SMILES string of the molecule is CCC(CC)C(O)CNCC(O)c1ccc(OC)cc1. The Labute approximate surface area is 121 Å². The quantitative estimate of drug-likeness (QED) is 0.649. The summed E-state index contributed by atoms with van der Waals surface area (Å²) in [5, 5.41) is 23.2. The normalized spacial score (nSPS) is 14.3. The molecule has 0 fully saturated rings. The highest BCUT2D eigenvalue weighted by Gasteiger charge is 2.15. The highest BCUT2D eigenvalue weighted by Crippen LogP contribution is 2.17. The van der Waals surface area contributed by atoms with E-state index in [4.69, 9.17) is 4.74 Å². The molecule has 1 aromatic carbocycles. The summed E-state index contributed by atoms with van der Waals surface area (Å²) in [4.78, 5) is 0.